The number of carboxylic acids is 1. The molecule has 1 aliphatic heterocycles. The standard InChI is InChI=1S/C14H26N2O5/c1-13(2,3)16(9-11(17)18)12(19)15(4)10-14(20)5-7-21-8-6-14/h20H,5-10H2,1-4H3,(H,17,18). The molecule has 1 rings (SSSR count). The van der Waals surface area contributed by atoms with E-state index in [1.807, 2.05) is 0 Å². The number of carboxylic acid groups (broad SMARTS) is 1. The zero-order valence-electron chi connectivity index (χ0n) is 13.3. The van der Waals surface area contributed by atoms with Crippen molar-refractivity contribution in [3.05, 3.63) is 0 Å². The Hall–Kier alpha value is -1.34. The molecule has 1 saturated heterocycles. The first-order valence-corrected chi connectivity index (χ1v) is 7.10. The quantitative estimate of drug-likeness (QED) is 0.800. The van der Waals surface area contributed by atoms with Crippen LogP contribution in [0, 0.1) is 0 Å². The van der Waals surface area contributed by atoms with Gasteiger partial charge in [0.1, 0.15) is 6.54 Å². The summed E-state index contributed by atoms with van der Waals surface area (Å²) in [6, 6.07) is -0.398. The van der Waals surface area contributed by atoms with Crippen molar-refractivity contribution in [3.63, 3.8) is 0 Å². The highest BCUT2D eigenvalue weighted by Crippen LogP contribution is 2.23. The molecule has 7 heteroatoms. The zero-order valence-corrected chi connectivity index (χ0v) is 13.3. The zero-order chi connectivity index (χ0) is 16.3. The molecule has 1 heterocycles. The summed E-state index contributed by atoms with van der Waals surface area (Å²) in [5, 5.41) is 19.4. The van der Waals surface area contributed by atoms with Crippen LogP contribution < -0.4 is 0 Å². The van der Waals surface area contributed by atoms with Gasteiger partial charge in [-0.1, -0.05) is 0 Å². The van der Waals surface area contributed by atoms with Crippen LogP contribution in [0.25, 0.3) is 0 Å². The predicted molar refractivity (Wildman–Crippen MR) is 77.1 cm³/mol. The van der Waals surface area contributed by atoms with Gasteiger partial charge in [0, 0.05) is 38.6 Å². The van der Waals surface area contributed by atoms with Crippen LogP contribution in [-0.2, 0) is 9.53 Å². The third-order valence-electron chi connectivity index (χ3n) is 3.62. The van der Waals surface area contributed by atoms with Crippen LogP contribution in [0.1, 0.15) is 33.6 Å². The normalized spacial score (nSPS) is 18.1. The molecule has 0 aromatic rings. The first-order chi connectivity index (χ1) is 9.55. The van der Waals surface area contributed by atoms with Crippen LogP contribution in [0.15, 0.2) is 0 Å². The number of urea groups is 1. The molecule has 0 aliphatic carbocycles. The number of carbonyl (C=O) groups is 2. The number of likely N-dealkylation sites (N-methyl/N-ethyl adjacent to an activating group) is 1. The molecule has 0 bridgehead atoms. The summed E-state index contributed by atoms with van der Waals surface area (Å²) >= 11 is 0. The molecule has 0 saturated carbocycles. The third kappa shape index (κ3) is 5.17. The van der Waals surface area contributed by atoms with Gasteiger partial charge in [-0.3, -0.25) is 4.79 Å². The van der Waals surface area contributed by atoms with E-state index in [9.17, 15) is 14.7 Å². The number of hydrogen-bond acceptors (Lipinski definition) is 4. The van der Waals surface area contributed by atoms with Crippen LogP contribution in [-0.4, -0.2) is 76.5 Å². The highest BCUT2D eigenvalue weighted by atomic mass is 16.5. The molecule has 2 N–H and O–H groups in total. The molecule has 1 fully saturated rings. The molecule has 1 aliphatic rings. The number of amides is 2. The molecule has 122 valence electrons. The van der Waals surface area contributed by atoms with Crippen LogP contribution in [0.4, 0.5) is 4.79 Å². The van der Waals surface area contributed by atoms with Crippen molar-refractivity contribution >= 4 is 12.0 Å². The predicted octanol–water partition coefficient (Wildman–Crippen LogP) is 0.765. The van der Waals surface area contributed by atoms with Crippen molar-refractivity contribution in [3.8, 4) is 0 Å². The maximum absolute atomic E-state index is 12.5. The molecule has 0 unspecified atom stereocenters. The van der Waals surface area contributed by atoms with Gasteiger partial charge in [0.2, 0.25) is 0 Å². The first-order valence-electron chi connectivity index (χ1n) is 7.10. The summed E-state index contributed by atoms with van der Waals surface area (Å²) in [7, 11) is 1.58. The molecule has 0 radical (unpaired) electrons. The van der Waals surface area contributed by atoms with E-state index in [2.05, 4.69) is 0 Å². The lowest BCUT2D eigenvalue weighted by molar-refractivity contribution is -0.138. The smallest absolute Gasteiger partial charge is 0.323 e. The lowest BCUT2D eigenvalue weighted by atomic mass is 9.94. The van der Waals surface area contributed by atoms with E-state index in [4.69, 9.17) is 9.84 Å². The maximum Gasteiger partial charge on any atom is 0.323 e. The second kappa shape index (κ2) is 6.62. The van der Waals surface area contributed by atoms with Crippen molar-refractivity contribution in [2.45, 2.75) is 44.8 Å². The number of aliphatic carboxylic acids is 1. The Morgan fingerprint density at radius 2 is 1.76 bits per heavy atom. The fraction of sp³-hybridized carbons (Fsp3) is 0.857. The maximum atomic E-state index is 12.5. The van der Waals surface area contributed by atoms with Crippen molar-refractivity contribution in [1.29, 1.82) is 0 Å². The summed E-state index contributed by atoms with van der Waals surface area (Å²) in [5.41, 5.74) is -1.57. The molecule has 0 aromatic heterocycles. The van der Waals surface area contributed by atoms with Crippen LogP contribution in [0.2, 0.25) is 0 Å². The van der Waals surface area contributed by atoms with Crippen LogP contribution >= 0.6 is 0 Å². The second-order valence-electron chi connectivity index (χ2n) is 6.63. The number of nitrogens with zero attached hydrogens (tertiary/aromatic N) is 2. The van der Waals surface area contributed by atoms with E-state index >= 15 is 0 Å². The van der Waals surface area contributed by atoms with Crippen LogP contribution in [0.3, 0.4) is 0 Å². The molecule has 0 spiro atoms. The van der Waals surface area contributed by atoms with Gasteiger partial charge in [-0.15, -0.1) is 0 Å². The van der Waals surface area contributed by atoms with Crippen molar-refractivity contribution in [2.24, 2.45) is 0 Å². The minimum atomic E-state index is -1.06. The average Bonchev–Trinajstić information content (AvgIpc) is 2.34. The Morgan fingerprint density at radius 1 is 1.24 bits per heavy atom. The topological polar surface area (TPSA) is 90.3 Å². The van der Waals surface area contributed by atoms with Gasteiger partial charge in [0.15, 0.2) is 0 Å². The molecule has 21 heavy (non-hydrogen) atoms. The lowest BCUT2D eigenvalue weighted by Gasteiger charge is -2.40. The lowest BCUT2D eigenvalue weighted by Crippen LogP contribution is -2.56. The summed E-state index contributed by atoms with van der Waals surface area (Å²) < 4.78 is 5.21. The van der Waals surface area contributed by atoms with E-state index in [1.54, 1.807) is 27.8 Å². The number of hydrogen-bond donors (Lipinski definition) is 2. The Morgan fingerprint density at radius 3 is 2.19 bits per heavy atom. The van der Waals surface area contributed by atoms with Gasteiger partial charge in [-0.25, -0.2) is 4.79 Å². The summed E-state index contributed by atoms with van der Waals surface area (Å²) in [6.07, 6.45) is 0.943. The fourth-order valence-electron chi connectivity index (χ4n) is 2.35. The van der Waals surface area contributed by atoms with E-state index in [0.29, 0.717) is 26.1 Å². The second-order valence-corrected chi connectivity index (χ2v) is 6.63. The van der Waals surface area contributed by atoms with E-state index in [0.717, 1.165) is 0 Å². The van der Waals surface area contributed by atoms with Crippen LogP contribution in [0.5, 0.6) is 0 Å². The van der Waals surface area contributed by atoms with Gasteiger partial charge >= 0.3 is 12.0 Å². The highest BCUT2D eigenvalue weighted by molar-refractivity contribution is 5.80. The van der Waals surface area contributed by atoms with E-state index < -0.39 is 23.1 Å². The third-order valence-corrected chi connectivity index (χ3v) is 3.62. The molecular formula is C14H26N2O5. The Kier molecular flexibility index (Phi) is 5.58. The summed E-state index contributed by atoms with van der Waals surface area (Å²) in [4.78, 5) is 26.1. The monoisotopic (exact) mass is 302 g/mol. The van der Waals surface area contributed by atoms with Gasteiger partial charge in [-0.2, -0.15) is 0 Å². The minimum absolute atomic E-state index is 0.168. The fourth-order valence-corrected chi connectivity index (χ4v) is 2.35. The van der Waals surface area contributed by atoms with Crippen molar-refractivity contribution in [2.75, 3.05) is 33.4 Å². The largest absolute Gasteiger partial charge is 0.480 e. The highest BCUT2D eigenvalue weighted by Gasteiger charge is 2.36. The Balaban J connectivity index is 2.75. The number of aliphatic hydroxyl groups is 1. The Bertz CT molecular complexity index is 385. The van der Waals surface area contributed by atoms with Gasteiger partial charge in [0.25, 0.3) is 0 Å². The Labute approximate surface area is 125 Å². The van der Waals surface area contributed by atoms with E-state index in [1.165, 1.54) is 9.80 Å². The number of ether oxygens (including phenoxy) is 1. The minimum Gasteiger partial charge on any atom is -0.480 e. The molecular weight excluding hydrogens is 276 g/mol. The molecule has 0 atom stereocenters. The summed E-state index contributed by atoms with van der Waals surface area (Å²) in [5.74, 6) is -1.06. The SMILES string of the molecule is CN(CC1(O)CCOCC1)C(=O)N(CC(=O)O)C(C)(C)C. The molecule has 0 aromatic carbocycles. The average molecular weight is 302 g/mol. The first kappa shape index (κ1) is 17.7. The number of rotatable bonds is 4. The van der Waals surface area contributed by atoms with Crippen molar-refractivity contribution in [1.82, 2.24) is 9.80 Å². The van der Waals surface area contributed by atoms with Gasteiger partial charge in [0.05, 0.1) is 12.1 Å². The van der Waals surface area contributed by atoms with Gasteiger partial charge < -0.3 is 24.7 Å². The molecule has 2 amide bonds. The molecule has 7 nitrogen and oxygen atoms in total. The van der Waals surface area contributed by atoms with Gasteiger partial charge in [-0.05, 0) is 20.8 Å². The van der Waals surface area contributed by atoms with Crippen molar-refractivity contribution < 1.29 is 24.5 Å². The number of carbonyl (C=O) groups excluding carboxylic acids is 1. The van der Waals surface area contributed by atoms with E-state index in [-0.39, 0.29) is 13.1 Å². The summed E-state index contributed by atoms with van der Waals surface area (Å²) in [6.45, 7) is 6.09.